The molecule has 5 nitrogen and oxygen atoms in total. The third-order valence-electron chi connectivity index (χ3n) is 3.16. The summed E-state index contributed by atoms with van der Waals surface area (Å²) in [6.45, 7) is 3.92. The van der Waals surface area contributed by atoms with E-state index in [9.17, 15) is 18.0 Å². The van der Waals surface area contributed by atoms with Crippen LogP contribution in [0, 0.1) is 6.92 Å². The van der Waals surface area contributed by atoms with E-state index in [1.165, 1.54) is 16.9 Å². The predicted octanol–water partition coefficient (Wildman–Crippen LogP) is 3.55. The minimum atomic E-state index is -4.44. The Morgan fingerprint density at radius 1 is 1.35 bits per heavy atom. The number of aromatic nitrogens is 3. The molecule has 0 saturated carbocycles. The van der Waals surface area contributed by atoms with Gasteiger partial charge in [-0.3, -0.25) is 0 Å². The summed E-state index contributed by atoms with van der Waals surface area (Å²) in [5.41, 5.74) is -0.152. The summed E-state index contributed by atoms with van der Waals surface area (Å²) in [6, 6.07) is 2.11. The smallest absolute Gasteiger partial charge is 0.417 e. The quantitative estimate of drug-likeness (QED) is 0.622. The second kappa shape index (κ2) is 6.80. The largest absolute Gasteiger partial charge is 0.462 e. The van der Waals surface area contributed by atoms with Gasteiger partial charge in [-0.05, 0) is 25.5 Å². The van der Waals surface area contributed by atoms with E-state index in [2.05, 4.69) is 10.1 Å². The van der Waals surface area contributed by atoms with Crippen molar-refractivity contribution in [3.63, 3.8) is 0 Å². The minimum Gasteiger partial charge on any atom is -0.462 e. The number of hydrogen-bond donors (Lipinski definition) is 0. The molecular weight excluding hydrogens is 311 g/mol. The van der Waals surface area contributed by atoms with Crippen LogP contribution in [0.2, 0.25) is 0 Å². The SMILES string of the molecule is CCCCOC(=O)c1cn(-c2ccc(C(F)(F)F)cn2)nc1C. The number of carbonyl (C=O) groups is 1. The van der Waals surface area contributed by atoms with Crippen molar-refractivity contribution in [2.45, 2.75) is 32.9 Å². The van der Waals surface area contributed by atoms with Gasteiger partial charge in [0.25, 0.3) is 0 Å². The van der Waals surface area contributed by atoms with Crippen LogP contribution < -0.4 is 0 Å². The molecule has 2 aromatic heterocycles. The summed E-state index contributed by atoms with van der Waals surface area (Å²) in [6.07, 6.45) is -0.648. The summed E-state index contributed by atoms with van der Waals surface area (Å²) in [5, 5.41) is 4.09. The molecule has 0 unspecified atom stereocenters. The zero-order valence-corrected chi connectivity index (χ0v) is 12.7. The van der Waals surface area contributed by atoms with Crippen LogP contribution in [-0.4, -0.2) is 27.3 Å². The highest BCUT2D eigenvalue weighted by Crippen LogP contribution is 2.28. The van der Waals surface area contributed by atoms with Crippen LogP contribution in [0.4, 0.5) is 13.2 Å². The topological polar surface area (TPSA) is 57.0 Å². The van der Waals surface area contributed by atoms with Gasteiger partial charge < -0.3 is 4.74 Å². The maximum atomic E-state index is 12.5. The van der Waals surface area contributed by atoms with Gasteiger partial charge in [-0.25, -0.2) is 14.5 Å². The highest BCUT2D eigenvalue weighted by atomic mass is 19.4. The number of pyridine rings is 1. The Morgan fingerprint density at radius 2 is 2.09 bits per heavy atom. The van der Waals surface area contributed by atoms with Gasteiger partial charge in [0, 0.05) is 12.4 Å². The summed E-state index contributed by atoms with van der Waals surface area (Å²) < 4.78 is 43.9. The van der Waals surface area contributed by atoms with E-state index in [-0.39, 0.29) is 11.4 Å². The zero-order chi connectivity index (χ0) is 17.0. The molecule has 0 aliphatic carbocycles. The van der Waals surface area contributed by atoms with Gasteiger partial charge >= 0.3 is 12.1 Å². The average molecular weight is 327 g/mol. The highest BCUT2D eigenvalue weighted by Gasteiger charge is 2.30. The lowest BCUT2D eigenvalue weighted by molar-refractivity contribution is -0.137. The first-order valence-electron chi connectivity index (χ1n) is 7.10. The van der Waals surface area contributed by atoms with Crippen molar-refractivity contribution in [3.05, 3.63) is 41.3 Å². The van der Waals surface area contributed by atoms with Crippen LogP contribution >= 0.6 is 0 Å². The Kier molecular flexibility index (Phi) is 5.02. The van der Waals surface area contributed by atoms with Crippen LogP contribution in [0.5, 0.6) is 0 Å². The third-order valence-corrected chi connectivity index (χ3v) is 3.16. The summed E-state index contributed by atoms with van der Waals surface area (Å²) in [7, 11) is 0. The molecule has 23 heavy (non-hydrogen) atoms. The molecule has 0 aliphatic heterocycles. The lowest BCUT2D eigenvalue weighted by Crippen LogP contribution is -2.07. The van der Waals surface area contributed by atoms with Crippen LogP contribution in [0.25, 0.3) is 5.82 Å². The molecule has 0 N–H and O–H groups in total. The fourth-order valence-electron chi connectivity index (χ4n) is 1.85. The molecule has 124 valence electrons. The first-order chi connectivity index (χ1) is 10.8. The lowest BCUT2D eigenvalue weighted by atomic mass is 10.2. The van der Waals surface area contributed by atoms with E-state index in [0.717, 1.165) is 25.1 Å². The second-order valence-electron chi connectivity index (χ2n) is 4.97. The number of halogens is 3. The molecule has 0 amide bonds. The Balaban J connectivity index is 2.18. The lowest BCUT2D eigenvalue weighted by Gasteiger charge is -2.06. The monoisotopic (exact) mass is 327 g/mol. The molecule has 0 bridgehead atoms. The Bertz CT molecular complexity index is 678. The number of alkyl halides is 3. The van der Waals surface area contributed by atoms with Crippen LogP contribution in [0.1, 0.15) is 41.4 Å². The molecule has 2 rings (SSSR count). The average Bonchev–Trinajstić information content (AvgIpc) is 2.89. The zero-order valence-electron chi connectivity index (χ0n) is 12.7. The number of rotatable bonds is 5. The molecule has 8 heteroatoms. The molecule has 2 aromatic rings. The van der Waals surface area contributed by atoms with Gasteiger partial charge in [0.1, 0.15) is 5.56 Å². The maximum absolute atomic E-state index is 12.5. The first kappa shape index (κ1) is 17.0. The molecule has 0 fully saturated rings. The molecule has 0 aliphatic rings. The molecule has 0 saturated heterocycles. The van der Waals surface area contributed by atoms with E-state index in [4.69, 9.17) is 4.74 Å². The van der Waals surface area contributed by atoms with Crippen molar-refractivity contribution >= 4 is 5.97 Å². The van der Waals surface area contributed by atoms with E-state index < -0.39 is 17.7 Å². The number of nitrogens with zero attached hydrogens (tertiary/aromatic N) is 3. The van der Waals surface area contributed by atoms with Crippen molar-refractivity contribution in [3.8, 4) is 5.82 Å². The van der Waals surface area contributed by atoms with Crippen molar-refractivity contribution in [2.75, 3.05) is 6.61 Å². The van der Waals surface area contributed by atoms with Crippen molar-refractivity contribution in [1.29, 1.82) is 0 Å². The van der Waals surface area contributed by atoms with E-state index >= 15 is 0 Å². The first-order valence-corrected chi connectivity index (χ1v) is 7.10. The predicted molar refractivity (Wildman–Crippen MR) is 76.3 cm³/mol. The Hall–Kier alpha value is -2.38. The number of aryl methyl sites for hydroxylation is 1. The summed E-state index contributed by atoms with van der Waals surface area (Å²) in [5.74, 6) is -0.317. The van der Waals surface area contributed by atoms with Gasteiger partial charge in [-0.15, -0.1) is 0 Å². The number of carbonyl (C=O) groups excluding carboxylic acids is 1. The van der Waals surface area contributed by atoms with Gasteiger partial charge in [-0.1, -0.05) is 13.3 Å². The van der Waals surface area contributed by atoms with Crippen LogP contribution in [0.3, 0.4) is 0 Å². The van der Waals surface area contributed by atoms with Crippen molar-refractivity contribution < 1.29 is 22.7 Å². The number of esters is 1. The fraction of sp³-hybridized carbons (Fsp3) is 0.400. The maximum Gasteiger partial charge on any atom is 0.417 e. The Morgan fingerprint density at radius 3 is 2.65 bits per heavy atom. The molecule has 0 aromatic carbocycles. The fourth-order valence-corrected chi connectivity index (χ4v) is 1.85. The summed E-state index contributed by atoms with van der Waals surface area (Å²) >= 11 is 0. The molecule has 0 atom stereocenters. The molecule has 0 radical (unpaired) electrons. The van der Waals surface area contributed by atoms with Crippen molar-refractivity contribution in [2.24, 2.45) is 0 Å². The standard InChI is InChI=1S/C15H16F3N3O2/c1-3-4-7-23-14(22)12-9-21(20-10(12)2)13-6-5-11(8-19-13)15(16,17)18/h5-6,8-9H,3-4,7H2,1-2H3. The van der Waals surface area contributed by atoms with Crippen LogP contribution in [-0.2, 0) is 10.9 Å². The van der Waals surface area contributed by atoms with Crippen LogP contribution in [0.15, 0.2) is 24.5 Å². The molecule has 0 spiro atoms. The molecule has 2 heterocycles. The Labute approximate surface area is 131 Å². The second-order valence-corrected chi connectivity index (χ2v) is 4.97. The summed E-state index contributed by atoms with van der Waals surface area (Å²) in [4.78, 5) is 15.7. The van der Waals surface area contributed by atoms with Gasteiger partial charge in [0.2, 0.25) is 0 Å². The van der Waals surface area contributed by atoms with E-state index in [1.54, 1.807) is 6.92 Å². The molecular formula is C15H16F3N3O2. The van der Waals surface area contributed by atoms with Gasteiger partial charge in [0.15, 0.2) is 5.82 Å². The van der Waals surface area contributed by atoms with Gasteiger partial charge in [0.05, 0.1) is 17.9 Å². The highest BCUT2D eigenvalue weighted by molar-refractivity contribution is 5.90. The number of hydrogen-bond acceptors (Lipinski definition) is 4. The van der Waals surface area contributed by atoms with E-state index in [0.29, 0.717) is 12.3 Å². The number of ether oxygens (including phenoxy) is 1. The minimum absolute atomic E-state index is 0.189. The van der Waals surface area contributed by atoms with E-state index in [1.807, 2.05) is 6.92 Å². The number of unbranched alkanes of at least 4 members (excludes halogenated alkanes) is 1. The third kappa shape index (κ3) is 4.08. The van der Waals surface area contributed by atoms with Gasteiger partial charge in [-0.2, -0.15) is 18.3 Å². The normalized spacial score (nSPS) is 11.5. The van der Waals surface area contributed by atoms with Crippen molar-refractivity contribution in [1.82, 2.24) is 14.8 Å².